The van der Waals surface area contributed by atoms with Gasteiger partial charge in [0.05, 0.1) is 12.8 Å². The lowest BCUT2D eigenvalue weighted by Crippen LogP contribution is -2.05. The van der Waals surface area contributed by atoms with Gasteiger partial charge in [-0.3, -0.25) is 4.79 Å². The van der Waals surface area contributed by atoms with Crippen LogP contribution < -0.4 is 15.4 Å². The molecule has 2 N–H and O–H groups in total. The monoisotopic (exact) mass is 469 g/mol. The number of methoxy groups -OCH3 is 1. The number of rotatable bonds is 8. The molecule has 4 rings (SSSR count). The largest absolute Gasteiger partial charge is 0.497 e. The predicted octanol–water partition coefficient (Wildman–Crippen LogP) is 5.66. The molecule has 10 heteroatoms. The summed E-state index contributed by atoms with van der Waals surface area (Å²) in [5, 5.41) is 18.2. The van der Waals surface area contributed by atoms with Crippen molar-refractivity contribution in [3.8, 4) is 16.3 Å². The first-order valence-electron chi connectivity index (χ1n) is 9.29. The summed E-state index contributed by atoms with van der Waals surface area (Å²) in [5.74, 6) is 1.45. The van der Waals surface area contributed by atoms with Gasteiger partial charge in [-0.2, -0.15) is 0 Å². The Hall–Kier alpha value is -2.95. The molecule has 0 aliphatic carbocycles. The Balaban J connectivity index is 1.34. The number of ether oxygens (including phenoxy) is 1. The molecule has 0 spiro atoms. The Morgan fingerprint density at radius 3 is 2.71 bits per heavy atom. The van der Waals surface area contributed by atoms with E-state index in [1.54, 1.807) is 30.2 Å². The molecule has 0 atom stereocenters. The maximum atomic E-state index is 11.2. The summed E-state index contributed by atoms with van der Waals surface area (Å²) in [6.45, 7) is 1.48. The number of thiazole rings is 1. The van der Waals surface area contributed by atoms with Gasteiger partial charge >= 0.3 is 0 Å². The molecule has 4 aromatic rings. The van der Waals surface area contributed by atoms with E-state index in [2.05, 4.69) is 26.2 Å². The number of amides is 1. The molecule has 7 nitrogen and oxygen atoms in total. The fraction of sp³-hybridized carbons (Fsp3) is 0.143. The van der Waals surface area contributed by atoms with Crippen LogP contribution in [0, 0.1) is 0 Å². The Morgan fingerprint density at radius 2 is 1.94 bits per heavy atom. The van der Waals surface area contributed by atoms with E-state index in [-0.39, 0.29) is 5.91 Å². The second kappa shape index (κ2) is 9.90. The lowest BCUT2D eigenvalue weighted by molar-refractivity contribution is -0.114. The zero-order valence-corrected chi connectivity index (χ0v) is 19.2. The molecule has 0 aliphatic rings. The molecule has 0 radical (unpaired) electrons. The van der Waals surface area contributed by atoms with E-state index in [1.165, 1.54) is 18.3 Å². The first-order valence-corrected chi connectivity index (χ1v) is 12.0. The van der Waals surface area contributed by atoms with Gasteiger partial charge in [0, 0.05) is 35.0 Å². The molecule has 0 aliphatic heterocycles. The van der Waals surface area contributed by atoms with Crippen LogP contribution in [0.2, 0.25) is 0 Å². The highest BCUT2D eigenvalue weighted by Gasteiger charge is 2.09. The van der Waals surface area contributed by atoms with E-state index in [1.807, 2.05) is 48.5 Å². The first-order chi connectivity index (χ1) is 15.1. The number of anilines is 3. The minimum Gasteiger partial charge on any atom is -0.497 e. The van der Waals surface area contributed by atoms with E-state index < -0.39 is 0 Å². The van der Waals surface area contributed by atoms with Gasteiger partial charge in [0.1, 0.15) is 10.8 Å². The normalized spacial score (nSPS) is 10.6. The molecule has 0 saturated heterocycles. The standard InChI is InChI=1S/C21H19N5O2S3/c1-13(27)22-15-4-3-5-16(10-15)24-20-25-26-21(31-20)30-12-17-11-29-19(23-17)14-6-8-18(28-2)9-7-14/h3-11H,12H2,1-2H3,(H,22,27)(H,24,25). The second-order valence-electron chi connectivity index (χ2n) is 6.42. The van der Waals surface area contributed by atoms with E-state index in [0.717, 1.165) is 43.5 Å². The van der Waals surface area contributed by atoms with Crippen LogP contribution >= 0.6 is 34.4 Å². The van der Waals surface area contributed by atoms with Crippen molar-refractivity contribution in [1.29, 1.82) is 0 Å². The van der Waals surface area contributed by atoms with Crippen molar-refractivity contribution in [2.45, 2.75) is 17.0 Å². The topological polar surface area (TPSA) is 89.0 Å². The van der Waals surface area contributed by atoms with Gasteiger partial charge in [-0.25, -0.2) is 4.98 Å². The van der Waals surface area contributed by atoms with Crippen molar-refractivity contribution in [2.24, 2.45) is 0 Å². The third-order valence-electron chi connectivity index (χ3n) is 4.07. The molecule has 0 fully saturated rings. The predicted molar refractivity (Wildman–Crippen MR) is 128 cm³/mol. The molecule has 2 aromatic carbocycles. The number of carbonyl (C=O) groups is 1. The van der Waals surface area contributed by atoms with E-state index in [4.69, 9.17) is 9.72 Å². The van der Waals surface area contributed by atoms with Crippen molar-refractivity contribution >= 4 is 56.8 Å². The third-order valence-corrected chi connectivity index (χ3v) is 7.02. The maximum absolute atomic E-state index is 11.2. The molecule has 2 heterocycles. The number of thioether (sulfide) groups is 1. The van der Waals surface area contributed by atoms with Gasteiger partial charge < -0.3 is 15.4 Å². The van der Waals surface area contributed by atoms with E-state index in [9.17, 15) is 4.79 Å². The maximum Gasteiger partial charge on any atom is 0.221 e. The van der Waals surface area contributed by atoms with Crippen LogP contribution in [0.3, 0.4) is 0 Å². The lowest BCUT2D eigenvalue weighted by atomic mass is 10.2. The van der Waals surface area contributed by atoms with Crippen molar-refractivity contribution in [1.82, 2.24) is 15.2 Å². The van der Waals surface area contributed by atoms with Gasteiger partial charge in [-0.15, -0.1) is 21.5 Å². The summed E-state index contributed by atoms with van der Waals surface area (Å²) in [6.07, 6.45) is 0. The average Bonchev–Trinajstić information content (AvgIpc) is 3.42. The van der Waals surface area contributed by atoms with Crippen LogP contribution in [0.5, 0.6) is 5.75 Å². The summed E-state index contributed by atoms with van der Waals surface area (Å²) in [4.78, 5) is 15.9. The molecule has 0 saturated carbocycles. The number of hydrogen-bond acceptors (Lipinski definition) is 9. The first kappa shape index (κ1) is 21.3. The number of hydrogen-bond donors (Lipinski definition) is 2. The van der Waals surface area contributed by atoms with Crippen molar-refractivity contribution in [3.63, 3.8) is 0 Å². The molecule has 2 aromatic heterocycles. The number of carbonyl (C=O) groups excluding carboxylic acids is 1. The van der Waals surface area contributed by atoms with Crippen LogP contribution in [-0.2, 0) is 10.5 Å². The van der Waals surface area contributed by atoms with Gasteiger partial charge in [-0.05, 0) is 42.5 Å². The van der Waals surface area contributed by atoms with Crippen molar-refractivity contribution in [2.75, 3.05) is 17.7 Å². The third kappa shape index (κ3) is 5.81. The Labute approximate surface area is 191 Å². The average molecular weight is 470 g/mol. The minimum atomic E-state index is -0.107. The zero-order chi connectivity index (χ0) is 21.6. The number of nitrogens with zero attached hydrogens (tertiary/aromatic N) is 3. The van der Waals surface area contributed by atoms with Crippen LogP contribution in [-0.4, -0.2) is 28.2 Å². The molecule has 1 amide bonds. The fourth-order valence-corrected chi connectivity index (χ4v) is 5.29. The van der Waals surface area contributed by atoms with Crippen LogP contribution in [0.1, 0.15) is 12.6 Å². The van der Waals surface area contributed by atoms with E-state index >= 15 is 0 Å². The molecule has 158 valence electrons. The highest BCUT2D eigenvalue weighted by atomic mass is 32.2. The number of benzene rings is 2. The van der Waals surface area contributed by atoms with Gasteiger partial charge in [0.25, 0.3) is 0 Å². The Bertz CT molecular complexity index is 1170. The summed E-state index contributed by atoms with van der Waals surface area (Å²) in [6, 6.07) is 15.4. The quantitative estimate of drug-likeness (QED) is 0.322. The fourth-order valence-electron chi connectivity index (χ4n) is 2.70. The smallest absolute Gasteiger partial charge is 0.221 e. The summed E-state index contributed by atoms with van der Waals surface area (Å²) < 4.78 is 6.07. The van der Waals surface area contributed by atoms with Gasteiger partial charge in [-0.1, -0.05) is 29.2 Å². The minimum absolute atomic E-state index is 0.107. The van der Waals surface area contributed by atoms with Crippen molar-refractivity contribution in [3.05, 3.63) is 59.6 Å². The van der Waals surface area contributed by atoms with Crippen LogP contribution in [0.15, 0.2) is 58.3 Å². The highest BCUT2D eigenvalue weighted by molar-refractivity contribution is 8.00. The van der Waals surface area contributed by atoms with Gasteiger partial charge in [0.15, 0.2) is 4.34 Å². The molecular formula is C21H19N5O2S3. The summed E-state index contributed by atoms with van der Waals surface area (Å²) in [7, 11) is 1.66. The number of nitrogens with one attached hydrogen (secondary N) is 2. The molecular weight excluding hydrogens is 450 g/mol. The molecule has 0 unspecified atom stereocenters. The highest BCUT2D eigenvalue weighted by Crippen LogP contribution is 2.32. The summed E-state index contributed by atoms with van der Waals surface area (Å²) in [5.41, 5.74) is 3.65. The lowest BCUT2D eigenvalue weighted by Gasteiger charge is -2.05. The Kier molecular flexibility index (Phi) is 6.80. The van der Waals surface area contributed by atoms with E-state index in [0.29, 0.717) is 5.13 Å². The molecule has 0 bridgehead atoms. The zero-order valence-electron chi connectivity index (χ0n) is 16.8. The number of aromatic nitrogens is 3. The second-order valence-corrected chi connectivity index (χ2v) is 9.48. The Morgan fingerprint density at radius 1 is 1.13 bits per heavy atom. The van der Waals surface area contributed by atoms with Crippen molar-refractivity contribution < 1.29 is 9.53 Å². The van der Waals surface area contributed by atoms with Crippen LogP contribution in [0.25, 0.3) is 10.6 Å². The van der Waals surface area contributed by atoms with Crippen LogP contribution in [0.4, 0.5) is 16.5 Å². The SMILES string of the molecule is COc1ccc(-c2nc(CSc3nnc(Nc4cccc(NC(C)=O)c4)s3)cs2)cc1. The summed E-state index contributed by atoms with van der Waals surface area (Å²) >= 11 is 4.70. The van der Waals surface area contributed by atoms with Gasteiger partial charge in [0.2, 0.25) is 11.0 Å². The molecule has 31 heavy (non-hydrogen) atoms.